The first kappa shape index (κ1) is 16.8. The summed E-state index contributed by atoms with van der Waals surface area (Å²) in [4.78, 5) is 16.4. The van der Waals surface area contributed by atoms with Crippen molar-refractivity contribution in [3.8, 4) is 0 Å². The summed E-state index contributed by atoms with van der Waals surface area (Å²) >= 11 is 1.44. The summed E-state index contributed by atoms with van der Waals surface area (Å²) in [6.45, 7) is 0. The van der Waals surface area contributed by atoms with Gasteiger partial charge in [0, 0.05) is 10.6 Å². The number of sulfonamides is 1. The molecule has 0 aliphatic carbocycles. The lowest BCUT2D eigenvalue weighted by Crippen LogP contribution is -2.52. The molecule has 0 bridgehead atoms. The number of hydrogen-bond donors (Lipinski definition) is 2. The SMILES string of the molecule is O=C1c2ccccc2N[C@H](c2cccs2)N1NS(=O)(=O)c1ccccc1. The number of rotatable bonds is 4. The number of benzene rings is 2. The molecule has 2 heterocycles. The van der Waals surface area contributed by atoms with E-state index in [-0.39, 0.29) is 4.90 Å². The molecule has 1 aliphatic rings. The van der Waals surface area contributed by atoms with Crippen molar-refractivity contribution in [3.05, 3.63) is 82.6 Å². The first-order chi connectivity index (χ1) is 12.6. The third-order valence-corrected chi connectivity index (χ3v) is 6.27. The topological polar surface area (TPSA) is 78.5 Å². The minimum Gasteiger partial charge on any atom is -0.359 e. The van der Waals surface area contributed by atoms with Crippen molar-refractivity contribution < 1.29 is 13.2 Å². The number of fused-ring (bicyclic) bond motifs is 1. The molecule has 0 unspecified atom stereocenters. The Labute approximate surface area is 155 Å². The van der Waals surface area contributed by atoms with Gasteiger partial charge in [-0.25, -0.2) is 13.4 Å². The van der Waals surface area contributed by atoms with Crippen molar-refractivity contribution in [2.75, 3.05) is 5.32 Å². The van der Waals surface area contributed by atoms with E-state index in [1.54, 1.807) is 36.4 Å². The zero-order valence-corrected chi connectivity index (χ0v) is 15.1. The van der Waals surface area contributed by atoms with Crippen molar-refractivity contribution in [2.24, 2.45) is 0 Å². The molecule has 0 saturated carbocycles. The Hall–Kier alpha value is -2.68. The fraction of sp³-hybridized carbons (Fsp3) is 0.0556. The highest BCUT2D eigenvalue weighted by molar-refractivity contribution is 7.89. The lowest BCUT2D eigenvalue weighted by molar-refractivity contribution is 0.0636. The third kappa shape index (κ3) is 2.98. The molecule has 1 atom stereocenters. The highest BCUT2D eigenvalue weighted by atomic mass is 32.2. The number of carbonyl (C=O) groups excluding carboxylic acids is 1. The maximum absolute atomic E-state index is 13.0. The third-order valence-electron chi connectivity index (χ3n) is 4.01. The molecule has 6 nitrogen and oxygen atoms in total. The van der Waals surface area contributed by atoms with E-state index < -0.39 is 22.1 Å². The van der Waals surface area contributed by atoms with E-state index in [4.69, 9.17) is 0 Å². The standard InChI is InChI=1S/C18H15N3O3S2/c22-18-14-9-4-5-10-15(14)19-17(16-11-6-12-25-16)21(18)20-26(23,24)13-7-2-1-3-8-13/h1-12,17,19-20H/t17-/m0/s1. The van der Waals surface area contributed by atoms with E-state index in [9.17, 15) is 13.2 Å². The number of anilines is 1. The van der Waals surface area contributed by atoms with Gasteiger partial charge >= 0.3 is 0 Å². The molecule has 8 heteroatoms. The largest absolute Gasteiger partial charge is 0.359 e. The van der Waals surface area contributed by atoms with Crippen LogP contribution in [0.5, 0.6) is 0 Å². The predicted octanol–water partition coefficient (Wildman–Crippen LogP) is 3.21. The molecular weight excluding hydrogens is 370 g/mol. The van der Waals surface area contributed by atoms with E-state index in [2.05, 4.69) is 10.1 Å². The number of hydrogen-bond acceptors (Lipinski definition) is 5. The summed E-state index contributed by atoms with van der Waals surface area (Å²) in [5, 5.41) is 6.26. The average Bonchev–Trinajstić information content (AvgIpc) is 3.19. The van der Waals surface area contributed by atoms with Crippen LogP contribution in [0.3, 0.4) is 0 Å². The summed E-state index contributed by atoms with van der Waals surface area (Å²) in [5.74, 6) is -0.405. The van der Waals surface area contributed by atoms with Crippen LogP contribution >= 0.6 is 11.3 Å². The lowest BCUT2D eigenvalue weighted by atomic mass is 10.1. The van der Waals surface area contributed by atoms with Crippen molar-refractivity contribution in [2.45, 2.75) is 11.1 Å². The Kier molecular flexibility index (Phi) is 4.23. The van der Waals surface area contributed by atoms with Gasteiger partial charge in [-0.15, -0.1) is 16.2 Å². The van der Waals surface area contributed by atoms with Gasteiger partial charge in [0.25, 0.3) is 15.9 Å². The van der Waals surface area contributed by atoms with E-state index in [0.717, 1.165) is 9.89 Å². The maximum atomic E-state index is 13.0. The molecule has 2 N–H and O–H groups in total. The van der Waals surface area contributed by atoms with Gasteiger partial charge in [0.15, 0.2) is 6.17 Å². The van der Waals surface area contributed by atoms with Crippen LogP contribution < -0.4 is 10.1 Å². The summed E-state index contributed by atoms with van der Waals surface area (Å²) in [6.07, 6.45) is -0.629. The van der Waals surface area contributed by atoms with Gasteiger partial charge in [-0.05, 0) is 35.7 Å². The monoisotopic (exact) mass is 385 g/mol. The summed E-state index contributed by atoms with van der Waals surface area (Å²) in [7, 11) is -3.90. The fourth-order valence-electron chi connectivity index (χ4n) is 2.78. The highest BCUT2D eigenvalue weighted by Crippen LogP contribution is 2.34. The van der Waals surface area contributed by atoms with Gasteiger partial charge in [-0.2, -0.15) is 0 Å². The normalized spacial score (nSPS) is 16.8. The predicted molar refractivity (Wildman–Crippen MR) is 100 cm³/mol. The van der Waals surface area contributed by atoms with Crippen LogP contribution in [-0.4, -0.2) is 19.3 Å². The second kappa shape index (κ2) is 6.56. The number of amides is 1. The summed E-state index contributed by atoms with van der Waals surface area (Å²) in [5.41, 5.74) is 1.09. The van der Waals surface area contributed by atoms with Gasteiger partial charge in [0.05, 0.1) is 10.5 Å². The molecular formula is C18H15N3O3S2. The molecule has 3 aromatic rings. The molecule has 1 aromatic heterocycles. The first-order valence-electron chi connectivity index (χ1n) is 7.86. The Morgan fingerprint density at radius 1 is 0.962 bits per heavy atom. The van der Waals surface area contributed by atoms with Crippen LogP contribution in [0.4, 0.5) is 5.69 Å². The van der Waals surface area contributed by atoms with Crippen LogP contribution in [0.15, 0.2) is 77.0 Å². The molecule has 4 rings (SSSR count). The second-order valence-electron chi connectivity index (χ2n) is 5.69. The fourth-order valence-corrected chi connectivity index (χ4v) is 4.61. The molecule has 26 heavy (non-hydrogen) atoms. The number of hydrazine groups is 1. The smallest absolute Gasteiger partial charge is 0.273 e. The molecule has 1 aliphatic heterocycles. The molecule has 1 amide bonds. The molecule has 0 radical (unpaired) electrons. The van der Waals surface area contributed by atoms with Crippen LogP contribution in [0.25, 0.3) is 0 Å². The maximum Gasteiger partial charge on any atom is 0.273 e. The molecule has 2 aromatic carbocycles. The van der Waals surface area contributed by atoms with Gasteiger partial charge in [0.1, 0.15) is 0 Å². The van der Waals surface area contributed by atoms with E-state index in [1.807, 2.05) is 23.6 Å². The molecule has 0 spiro atoms. The van der Waals surface area contributed by atoms with Gasteiger partial charge in [-0.3, -0.25) is 4.79 Å². The molecule has 0 saturated heterocycles. The lowest BCUT2D eigenvalue weighted by Gasteiger charge is -2.36. The quantitative estimate of drug-likeness (QED) is 0.723. The van der Waals surface area contributed by atoms with Gasteiger partial charge in [-0.1, -0.05) is 36.4 Å². The van der Waals surface area contributed by atoms with Crippen molar-refractivity contribution in [3.63, 3.8) is 0 Å². The summed E-state index contributed by atoms with van der Waals surface area (Å²) in [6, 6.07) is 18.7. The van der Waals surface area contributed by atoms with Gasteiger partial charge in [0.2, 0.25) is 0 Å². The number of thiophene rings is 1. The van der Waals surface area contributed by atoms with E-state index in [1.165, 1.54) is 23.5 Å². The second-order valence-corrected chi connectivity index (χ2v) is 8.33. The average molecular weight is 385 g/mol. The Morgan fingerprint density at radius 2 is 1.69 bits per heavy atom. The minimum absolute atomic E-state index is 0.0941. The zero-order valence-electron chi connectivity index (χ0n) is 13.5. The molecule has 0 fully saturated rings. The highest BCUT2D eigenvalue weighted by Gasteiger charge is 2.36. The van der Waals surface area contributed by atoms with Crippen molar-refractivity contribution >= 4 is 33.0 Å². The summed E-state index contributed by atoms with van der Waals surface area (Å²) < 4.78 is 25.5. The van der Waals surface area contributed by atoms with Crippen molar-refractivity contribution in [1.82, 2.24) is 9.84 Å². The number of nitrogens with one attached hydrogen (secondary N) is 2. The Balaban J connectivity index is 1.75. The first-order valence-corrected chi connectivity index (χ1v) is 10.2. The van der Waals surface area contributed by atoms with Crippen LogP contribution in [0.2, 0.25) is 0 Å². The van der Waals surface area contributed by atoms with Crippen LogP contribution in [0, 0.1) is 0 Å². The van der Waals surface area contributed by atoms with E-state index in [0.29, 0.717) is 11.3 Å². The zero-order chi connectivity index (χ0) is 18.1. The Bertz CT molecular complexity index is 1030. The number of nitrogens with zero attached hydrogens (tertiary/aromatic N) is 1. The van der Waals surface area contributed by atoms with Gasteiger partial charge < -0.3 is 5.32 Å². The molecule has 132 valence electrons. The Morgan fingerprint density at radius 3 is 2.42 bits per heavy atom. The minimum atomic E-state index is -3.90. The van der Waals surface area contributed by atoms with Crippen LogP contribution in [0.1, 0.15) is 21.4 Å². The van der Waals surface area contributed by atoms with Crippen LogP contribution in [-0.2, 0) is 10.0 Å². The van der Waals surface area contributed by atoms with Crippen molar-refractivity contribution in [1.29, 1.82) is 0 Å². The number of para-hydroxylation sites is 1. The number of carbonyl (C=O) groups is 1. The van der Waals surface area contributed by atoms with E-state index >= 15 is 0 Å².